The third kappa shape index (κ3) is 2.34. The molecule has 1 aliphatic rings. The van der Waals surface area contributed by atoms with Crippen molar-refractivity contribution in [3.63, 3.8) is 0 Å². The summed E-state index contributed by atoms with van der Waals surface area (Å²) < 4.78 is 5.84. The molecule has 1 aromatic carbocycles. The molecule has 1 fully saturated rings. The van der Waals surface area contributed by atoms with Gasteiger partial charge in [-0.25, -0.2) is 0 Å². The number of aromatic nitrogens is 2. The quantitative estimate of drug-likeness (QED) is 0.945. The molecule has 2 aromatic rings. The number of hydrogen-bond donors (Lipinski definition) is 1. The molecule has 1 heterocycles. The molecule has 0 saturated heterocycles. The van der Waals surface area contributed by atoms with Crippen molar-refractivity contribution in [3.8, 4) is 17.2 Å². The third-order valence-corrected chi connectivity index (χ3v) is 3.50. The van der Waals surface area contributed by atoms with Crippen LogP contribution in [0.25, 0.3) is 11.5 Å². The van der Waals surface area contributed by atoms with E-state index in [9.17, 15) is 5.11 Å². The van der Waals surface area contributed by atoms with Gasteiger partial charge in [0, 0.05) is 12.0 Å². The van der Waals surface area contributed by atoms with Crippen molar-refractivity contribution >= 4 is 15.9 Å². The summed E-state index contributed by atoms with van der Waals surface area (Å²) in [5.74, 6) is 2.12. The molecule has 0 unspecified atom stereocenters. The smallest absolute Gasteiger partial charge is 0.258 e. The minimum Gasteiger partial charge on any atom is -0.507 e. The van der Waals surface area contributed by atoms with Gasteiger partial charge in [0.2, 0.25) is 0 Å². The van der Waals surface area contributed by atoms with Crippen LogP contribution in [-0.2, 0) is 6.42 Å². The summed E-state index contributed by atoms with van der Waals surface area (Å²) >= 11 is 3.23. The predicted octanol–water partition coefficient (Wildman–Crippen LogP) is 3.16. The molecule has 0 radical (unpaired) electrons. The molecule has 1 N–H and O–H groups in total. The van der Waals surface area contributed by atoms with Crippen molar-refractivity contribution in [2.75, 3.05) is 0 Å². The molecule has 17 heavy (non-hydrogen) atoms. The zero-order valence-electron chi connectivity index (χ0n) is 9.06. The van der Waals surface area contributed by atoms with Gasteiger partial charge in [-0.2, -0.15) is 4.98 Å². The van der Waals surface area contributed by atoms with Gasteiger partial charge < -0.3 is 9.63 Å². The summed E-state index contributed by atoms with van der Waals surface area (Å²) in [6.45, 7) is 0. The molecular weight excluding hydrogens is 284 g/mol. The second-order valence-corrected chi connectivity index (χ2v) is 5.18. The summed E-state index contributed by atoms with van der Waals surface area (Å²) in [6, 6.07) is 5.20. The molecule has 5 heteroatoms. The number of benzene rings is 1. The Labute approximate surface area is 107 Å². The van der Waals surface area contributed by atoms with Crippen molar-refractivity contribution in [2.24, 2.45) is 5.92 Å². The largest absolute Gasteiger partial charge is 0.507 e. The maximum Gasteiger partial charge on any atom is 0.258 e. The Bertz CT molecular complexity index is 549. The second kappa shape index (κ2) is 4.14. The van der Waals surface area contributed by atoms with Gasteiger partial charge in [0.25, 0.3) is 5.89 Å². The van der Waals surface area contributed by atoms with Crippen LogP contribution in [0, 0.1) is 5.92 Å². The van der Waals surface area contributed by atoms with Crippen molar-refractivity contribution in [1.29, 1.82) is 0 Å². The first-order chi connectivity index (χ1) is 8.22. The fourth-order valence-corrected chi connectivity index (χ4v) is 1.93. The van der Waals surface area contributed by atoms with Gasteiger partial charge in [0.1, 0.15) is 5.75 Å². The van der Waals surface area contributed by atoms with E-state index in [1.807, 2.05) is 6.07 Å². The highest BCUT2D eigenvalue weighted by Crippen LogP contribution is 2.33. The molecule has 4 nitrogen and oxygen atoms in total. The van der Waals surface area contributed by atoms with Crippen molar-refractivity contribution < 1.29 is 9.63 Å². The van der Waals surface area contributed by atoms with E-state index < -0.39 is 0 Å². The summed E-state index contributed by atoms with van der Waals surface area (Å²) in [5, 5.41) is 13.5. The summed E-state index contributed by atoms with van der Waals surface area (Å²) in [7, 11) is 0. The van der Waals surface area contributed by atoms with Gasteiger partial charge >= 0.3 is 0 Å². The SMILES string of the molecule is Oc1cc(-c2nc(CC3CC3)no2)ccc1Br. The minimum atomic E-state index is 0.171. The maximum atomic E-state index is 9.59. The van der Waals surface area contributed by atoms with Gasteiger partial charge in [-0.05, 0) is 52.9 Å². The van der Waals surface area contributed by atoms with Gasteiger partial charge in [0.15, 0.2) is 5.82 Å². The monoisotopic (exact) mass is 294 g/mol. The predicted molar refractivity (Wildman–Crippen MR) is 65.5 cm³/mol. The highest BCUT2D eigenvalue weighted by molar-refractivity contribution is 9.10. The Morgan fingerprint density at radius 2 is 2.24 bits per heavy atom. The van der Waals surface area contributed by atoms with Crippen molar-refractivity contribution in [3.05, 3.63) is 28.5 Å². The Balaban J connectivity index is 1.86. The topological polar surface area (TPSA) is 59.2 Å². The van der Waals surface area contributed by atoms with E-state index in [0.717, 1.165) is 23.7 Å². The number of phenols is 1. The second-order valence-electron chi connectivity index (χ2n) is 4.33. The Hall–Kier alpha value is -1.36. The zero-order chi connectivity index (χ0) is 11.8. The van der Waals surface area contributed by atoms with Gasteiger partial charge in [0.05, 0.1) is 4.47 Å². The fraction of sp³-hybridized carbons (Fsp3) is 0.333. The molecule has 88 valence electrons. The molecule has 0 aliphatic heterocycles. The molecular formula is C12H11BrN2O2. The average molecular weight is 295 g/mol. The van der Waals surface area contributed by atoms with E-state index in [2.05, 4.69) is 26.1 Å². The summed E-state index contributed by atoms with van der Waals surface area (Å²) in [6.07, 6.45) is 3.43. The van der Waals surface area contributed by atoms with E-state index in [-0.39, 0.29) is 5.75 Å². The van der Waals surface area contributed by atoms with Crippen LogP contribution in [0.1, 0.15) is 18.7 Å². The van der Waals surface area contributed by atoms with E-state index in [1.54, 1.807) is 12.1 Å². The number of hydrogen-bond acceptors (Lipinski definition) is 4. The number of rotatable bonds is 3. The fourth-order valence-electron chi connectivity index (χ4n) is 1.68. The lowest BCUT2D eigenvalue weighted by molar-refractivity contribution is 0.420. The molecule has 0 atom stereocenters. The maximum absolute atomic E-state index is 9.59. The van der Waals surface area contributed by atoms with Gasteiger partial charge in [-0.3, -0.25) is 0 Å². The molecule has 1 saturated carbocycles. The van der Waals surface area contributed by atoms with Gasteiger partial charge in [-0.1, -0.05) is 5.16 Å². The van der Waals surface area contributed by atoms with Crippen LogP contribution >= 0.6 is 15.9 Å². The number of halogens is 1. The highest BCUT2D eigenvalue weighted by atomic mass is 79.9. The molecule has 3 rings (SSSR count). The minimum absolute atomic E-state index is 0.171. The lowest BCUT2D eigenvalue weighted by atomic mass is 10.2. The third-order valence-electron chi connectivity index (χ3n) is 2.83. The molecule has 0 spiro atoms. The standard InChI is InChI=1S/C12H11BrN2O2/c13-9-4-3-8(6-10(9)16)12-14-11(15-17-12)5-7-1-2-7/h3-4,6-7,16H,1-2,5H2. The Kier molecular flexibility index (Phi) is 2.63. The van der Waals surface area contributed by atoms with Crippen LogP contribution in [0.5, 0.6) is 5.75 Å². The lowest BCUT2D eigenvalue weighted by Crippen LogP contribution is -1.89. The van der Waals surface area contributed by atoms with E-state index in [0.29, 0.717) is 10.4 Å². The van der Waals surface area contributed by atoms with E-state index in [1.165, 1.54) is 12.8 Å². The average Bonchev–Trinajstić information content (AvgIpc) is 2.99. The summed E-state index contributed by atoms with van der Waals surface area (Å²) in [5.41, 5.74) is 0.736. The first-order valence-electron chi connectivity index (χ1n) is 5.54. The highest BCUT2D eigenvalue weighted by Gasteiger charge is 2.24. The van der Waals surface area contributed by atoms with Crippen LogP contribution in [0.4, 0.5) is 0 Å². The van der Waals surface area contributed by atoms with Crippen molar-refractivity contribution in [1.82, 2.24) is 10.1 Å². The van der Waals surface area contributed by atoms with Gasteiger partial charge in [-0.15, -0.1) is 0 Å². The number of aromatic hydroxyl groups is 1. The van der Waals surface area contributed by atoms with Crippen LogP contribution in [0.15, 0.2) is 27.2 Å². The van der Waals surface area contributed by atoms with E-state index in [4.69, 9.17) is 4.52 Å². The first kappa shape index (κ1) is 10.8. The van der Waals surface area contributed by atoms with Crippen molar-refractivity contribution in [2.45, 2.75) is 19.3 Å². The summed E-state index contributed by atoms with van der Waals surface area (Å²) in [4.78, 5) is 4.33. The molecule has 1 aliphatic carbocycles. The number of nitrogens with zero attached hydrogens (tertiary/aromatic N) is 2. The first-order valence-corrected chi connectivity index (χ1v) is 6.33. The lowest BCUT2D eigenvalue weighted by Gasteiger charge is -1.98. The number of phenolic OH excluding ortho intramolecular Hbond substituents is 1. The van der Waals surface area contributed by atoms with Crippen LogP contribution in [0.2, 0.25) is 0 Å². The molecule has 0 bridgehead atoms. The van der Waals surface area contributed by atoms with Crippen LogP contribution in [-0.4, -0.2) is 15.2 Å². The normalized spacial score (nSPS) is 15.1. The van der Waals surface area contributed by atoms with Crippen LogP contribution < -0.4 is 0 Å². The molecule has 0 amide bonds. The Morgan fingerprint density at radius 3 is 2.94 bits per heavy atom. The van der Waals surface area contributed by atoms with E-state index >= 15 is 0 Å². The molecule has 1 aromatic heterocycles. The zero-order valence-corrected chi connectivity index (χ0v) is 10.6. The van der Waals surface area contributed by atoms with Crippen LogP contribution in [0.3, 0.4) is 0 Å². The Morgan fingerprint density at radius 1 is 1.41 bits per heavy atom.